The highest BCUT2D eigenvalue weighted by Gasteiger charge is 2.24. The fourth-order valence-electron chi connectivity index (χ4n) is 2.44. The van der Waals surface area contributed by atoms with Crippen LogP contribution >= 0.6 is 12.4 Å². The molecule has 1 aliphatic rings. The van der Waals surface area contributed by atoms with E-state index in [2.05, 4.69) is 10.6 Å². The van der Waals surface area contributed by atoms with Crippen molar-refractivity contribution in [1.82, 2.24) is 10.6 Å². The molecule has 0 aromatic heterocycles. The monoisotopic (exact) mass is 288 g/mol. The van der Waals surface area contributed by atoms with E-state index in [-0.39, 0.29) is 30.2 Å². The van der Waals surface area contributed by atoms with Gasteiger partial charge in [-0.2, -0.15) is 0 Å². The van der Waals surface area contributed by atoms with Crippen molar-refractivity contribution < 1.29 is 9.50 Å². The van der Waals surface area contributed by atoms with Crippen molar-refractivity contribution in [3.05, 3.63) is 35.1 Å². The number of hydrogen-bond acceptors (Lipinski definition) is 3. The second kappa shape index (κ2) is 7.80. The molecule has 0 bridgehead atoms. The number of nitrogens with one attached hydrogen (secondary N) is 2. The maximum atomic E-state index is 13.7. The molecule has 0 aliphatic carbocycles. The molecule has 1 saturated heterocycles. The Labute approximate surface area is 120 Å². The Kier molecular flexibility index (Phi) is 6.72. The predicted octanol–water partition coefficient (Wildman–Crippen LogP) is 1.48. The summed E-state index contributed by atoms with van der Waals surface area (Å²) >= 11 is 0. The zero-order valence-electron chi connectivity index (χ0n) is 11.2. The van der Waals surface area contributed by atoms with Crippen LogP contribution in [-0.2, 0) is 13.0 Å². The zero-order valence-corrected chi connectivity index (χ0v) is 12.0. The summed E-state index contributed by atoms with van der Waals surface area (Å²) in [6, 6.07) is 5.22. The molecule has 0 spiro atoms. The van der Waals surface area contributed by atoms with E-state index >= 15 is 0 Å². The Bertz CT molecular complexity index is 403. The molecule has 1 aliphatic heterocycles. The fraction of sp³-hybridized carbons (Fsp3) is 0.571. The average Bonchev–Trinajstić information content (AvgIpc) is 2.77. The number of aliphatic hydroxyl groups is 1. The van der Waals surface area contributed by atoms with Crippen molar-refractivity contribution in [1.29, 1.82) is 0 Å². The van der Waals surface area contributed by atoms with E-state index in [4.69, 9.17) is 0 Å². The van der Waals surface area contributed by atoms with E-state index in [1.807, 2.05) is 13.0 Å². The van der Waals surface area contributed by atoms with Crippen LogP contribution in [0.4, 0.5) is 4.39 Å². The number of halogens is 2. The lowest BCUT2D eigenvalue weighted by Gasteiger charge is -2.15. The Hall–Kier alpha value is -0.680. The molecule has 0 radical (unpaired) electrons. The Balaban J connectivity index is 0.00000180. The van der Waals surface area contributed by atoms with Gasteiger partial charge in [-0.05, 0) is 18.1 Å². The molecule has 3 nitrogen and oxygen atoms in total. The van der Waals surface area contributed by atoms with Crippen LogP contribution < -0.4 is 10.6 Å². The lowest BCUT2D eigenvalue weighted by molar-refractivity contribution is 0.146. The quantitative estimate of drug-likeness (QED) is 0.769. The third-order valence-corrected chi connectivity index (χ3v) is 3.61. The van der Waals surface area contributed by atoms with Gasteiger partial charge in [0.2, 0.25) is 0 Å². The highest BCUT2D eigenvalue weighted by molar-refractivity contribution is 5.85. The number of aryl methyl sites for hydroxylation is 1. The van der Waals surface area contributed by atoms with Gasteiger partial charge in [-0.15, -0.1) is 12.4 Å². The smallest absolute Gasteiger partial charge is 0.127 e. The van der Waals surface area contributed by atoms with Crippen molar-refractivity contribution >= 4 is 12.4 Å². The van der Waals surface area contributed by atoms with Crippen LogP contribution in [0, 0.1) is 11.7 Å². The Morgan fingerprint density at radius 3 is 2.84 bits per heavy atom. The summed E-state index contributed by atoms with van der Waals surface area (Å²) in [6.07, 6.45) is 0.548. The van der Waals surface area contributed by atoms with Crippen LogP contribution in [0.1, 0.15) is 18.1 Å². The summed E-state index contributed by atoms with van der Waals surface area (Å²) in [4.78, 5) is 0. The van der Waals surface area contributed by atoms with Crippen LogP contribution in [0.25, 0.3) is 0 Å². The van der Waals surface area contributed by atoms with Gasteiger partial charge in [-0.25, -0.2) is 4.39 Å². The zero-order chi connectivity index (χ0) is 13.0. The lowest BCUT2D eigenvalue weighted by Crippen LogP contribution is -2.30. The molecule has 1 aromatic rings. The van der Waals surface area contributed by atoms with Crippen molar-refractivity contribution in [2.24, 2.45) is 5.92 Å². The fourth-order valence-corrected chi connectivity index (χ4v) is 2.44. The van der Waals surface area contributed by atoms with E-state index in [9.17, 15) is 9.50 Å². The molecule has 1 fully saturated rings. The maximum absolute atomic E-state index is 13.7. The van der Waals surface area contributed by atoms with Crippen LogP contribution in [0.5, 0.6) is 0 Å². The van der Waals surface area contributed by atoms with Gasteiger partial charge in [-0.3, -0.25) is 0 Å². The van der Waals surface area contributed by atoms with Crippen molar-refractivity contribution in [2.75, 3.05) is 19.6 Å². The lowest BCUT2D eigenvalue weighted by atomic mass is 10.0. The van der Waals surface area contributed by atoms with E-state index in [0.717, 1.165) is 24.1 Å². The predicted molar refractivity (Wildman–Crippen MR) is 77.1 cm³/mol. The van der Waals surface area contributed by atoms with Gasteiger partial charge >= 0.3 is 0 Å². The van der Waals surface area contributed by atoms with Gasteiger partial charge in [0.05, 0.1) is 6.10 Å². The first-order valence-corrected chi connectivity index (χ1v) is 6.58. The molecule has 19 heavy (non-hydrogen) atoms. The molecule has 2 atom stereocenters. The van der Waals surface area contributed by atoms with E-state index in [1.54, 1.807) is 6.07 Å². The first-order chi connectivity index (χ1) is 8.72. The minimum absolute atomic E-state index is 0. The molecule has 5 heteroatoms. The van der Waals surface area contributed by atoms with E-state index < -0.39 is 0 Å². The molecule has 0 saturated carbocycles. The molecule has 3 N–H and O–H groups in total. The molecular weight excluding hydrogens is 267 g/mol. The first-order valence-electron chi connectivity index (χ1n) is 6.58. The highest BCUT2D eigenvalue weighted by atomic mass is 35.5. The third kappa shape index (κ3) is 4.14. The summed E-state index contributed by atoms with van der Waals surface area (Å²) in [7, 11) is 0. The average molecular weight is 289 g/mol. The van der Waals surface area contributed by atoms with Crippen LogP contribution in [-0.4, -0.2) is 30.8 Å². The molecule has 0 amide bonds. The van der Waals surface area contributed by atoms with E-state index in [1.165, 1.54) is 6.07 Å². The largest absolute Gasteiger partial charge is 0.391 e. The van der Waals surface area contributed by atoms with Crippen LogP contribution in [0.2, 0.25) is 0 Å². The molecular formula is C14H22ClFN2O. The van der Waals surface area contributed by atoms with Gasteiger partial charge < -0.3 is 15.7 Å². The maximum Gasteiger partial charge on any atom is 0.127 e. The van der Waals surface area contributed by atoms with E-state index in [0.29, 0.717) is 19.6 Å². The van der Waals surface area contributed by atoms with Crippen molar-refractivity contribution in [3.63, 3.8) is 0 Å². The van der Waals surface area contributed by atoms with Crippen LogP contribution in [0.3, 0.4) is 0 Å². The van der Waals surface area contributed by atoms with Gasteiger partial charge in [0.15, 0.2) is 0 Å². The number of aliphatic hydroxyl groups excluding tert-OH is 1. The summed E-state index contributed by atoms with van der Waals surface area (Å²) < 4.78 is 13.7. The molecule has 1 aromatic carbocycles. The van der Waals surface area contributed by atoms with Gasteiger partial charge in [0.25, 0.3) is 0 Å². The normalized spacial score (nSPS) is 22.3. The number of hydrogen-bond donors (Lipinski definition) is 3. The highest BCUT2D eigenvalue weighted by Crippen LogP contribution is 2.14. The summed E-state index contributed by atoms with van der Waals surface area (Å²) in [6.45, 7) is 4.76. The molecule has 2 unspecified atom stereocenters. The SMILES string of the molecule is CCc1cccc(F)c1CNCC1CNCC1O.Cl. The second-order valence-corrected chi connectivity index (χ2v) is 4.85. The summed E-state index contributed by atoms with van der Waals surface area (Å²) in [5, 5.41) is 16.1. The Morgan fingerprint density at radius 1 is 1.42 bits per heavy atom. The number of rotatable bonds is 5. The summed E-state index contributed by atoms with van der Waals surface area (Å²) in [5.74, 6) is 0.0776. The molecule has 108 valence electrons. The molecule has 2 rings (SSSR count). The molecule has 1 heterocycles. The first kappa shape index (κ1) is 16.4. The van der Waals surface area contributed by atoms with Gasteiger partial charge in [0.1, 0.15) is 5.82 Å². The minimum atomic E-state index is -0.288. The van der Waals surface area contributed by atoms with Crippen molar-refractivity contribution in [2.45, 2.75) is 26.0 Å². The minimum Gasteiger partial charge on any atom is -0.391 e. The van der Waals surface area contributed by atoms with Crippen LogP contribution in [0.15, 0.2) is 18.2 Å². The third-order valence-electron chi connectivity index (χ3n) is 3.61. The Morgan fingerprint density at radius 2 is 2.21 bits per heavy atom. The second-order valence-electron chi connectivity index (χ2n) is 4.85. The summed E-state index contributed by atoms with van der Waals surface area (Å²) in [5.41, 5.74) is 1.80. The number of benzene rings is 1. The number of β-amino-alcohol motifs (C(OH)–C–C–N with tert-alkyl or cyclic N) is 1. The standard InChI is InChI=1S/C14H21FN2O.ClH/c1-2-10-4-3-5-13(15)12(10)8-16-6-11-7-17-9-14(11)18;/h3-5,11,14,16-18H,2,6-9H2,1H3;1H. The van der Waals surface area contributed by atoms with Gasteiger partial charge in [0, 0.05) is 37.7 Å². The van der Waals surface area contributed by atoms with Crippen molar-refractivity contribution in [3.8, 4) is 0 Å². The van der Waals surface area contributed by atoms with Gasteiger partial charge in [-0.1, -0.05) is 19.1 Å². The topological polar surface area (TPSA) is 44.3 Å².